The lowest BCUT2D eigenvalue weighted by atomic mass is 9.77. The molecular weight excluding hydrogens is 376 g/mol. The normalized spacial score (nSPS) is 20.2. The quantitative estimate of drug-likeness (QED) is 0.236. The number of rotatable bonds is 12. The minimum atomic E-state index is -4.48. The van der Waals surface area contributed by atoms with Crippen LogP contribution in [0.25, 0.3) is 0 Å². The van der Waals surface area contributed by atoms with E-state index in [1.807, 2.05) is 0 Å². The maximum atomic E-state index is 14.0. The number of hydrogen-bond acceptors (Lipinski definition) is 0. The molecule has 1 aromatic rings. The lowest BCUT2D eigenvalue weighted by Gasteiger charge is -2.28. The van der Waals surface area contributed by atoms with Crippen LogP contribution in [0.15, 0.2) is 18.2 Å². The van der Waals surface area contributed by atoms with Gasteiger partial charge in [0, 0.05) is 0 Å². The van der Waals surface area contributed by atoms with E-state index in [4.69, 9.17) is 0 Å². The Morgan fingerprint density at radius 2 is 1.34 bits per heavy atom. The van der Waals surface area contributed by atoms with Gasteiger partial charge in [-0.05, 0) is 42.4 Å². The van der Waals surface area contributed by atoms with Crippen LogP contribution in [0.5, 0.6) is 0 Å². The fraction of sp³-hybridized carbons (Fsp3) is 0.760. The molecule has 0 heterocycles. The monoisotopic (exact) mass is 414 g/mol. The minimum absolute atomic E-state index is 0.416. The predicted molar refractivity (Wildman–Crippen MR) is 112 cm³/mol. The molecule has 0 spiro atoms. The number of unbranched alkanes of at least 4 members (excludes halogenated alkanes) is 7. The molecule has 1 aliphatic rings. The van der Waals surface area contributed by atoms with Crippen molar-refractivity contribution in [2.24, 2.45) is 11.8 Å². The molecular formula is C25H38F4. The van der Waals surface area contributed by atoms with Gasteiger partial charge in [0.2, 0.25) is 0 Å². The highest BCUT2D eigenvalue weighted by Crippen LogP contribution is 2.35. The van der Waals surface area contributed by atoms with E-state index in [-0.39, 0.29) is 0 Å². The fourth-order valence-corrected chi connectivity index (χ4v) is 4.66. The van der Waals surface area contributed by atoms with Crippen molar-refractivity contribution >= 4 is 0 Å². The van der Waals surface area contributed by atoms with Gasteiger partial charge in [-0.1, -0.05) is 96.5 Å². The summed E-state index contributed by atoms with van der Waals surface area (Å²) in [5.74, 6) is 0.712. The second kappa shape index (κ2) is 12.6. The van der Waals surface area contributed by atoms with Crippen LogP contribution in [0.4, 0.5) is 17.6 Å². The van der Waals surface area contributed by atoms with Crippen molar-refractivity contribution in [3.05, 3.63) is 35.1 Å². The Balaban J connectivity index is 1.58. The molecule has 0 radical (unpaired) electrons. The molecule has 0 bridgehead atoms. The van der Waals surface area contributed by atoms with E-state index < -0.39 is 17.6 Å². The Labute approximate surface area is 174 Å². The van der Waals surface area contributed by atoms with Crippen LogP contribution in [-0.2, 0) is 12.6 Å². The molecule has 29 heavy (non-hydrogen) atoms. The molecule has 166 valence electrons. The summed E-state index contributed by atoms with van der Waals surface area (Å²) in [7, 11) is 0. The predicted octanol–water partition coefficient (Wildman–Crippen LogP) is 9.11. The summed E-state index contributed by atoms with van der Waals surface area (Å²) >= 11 is 0. The Morgan fingerprint density at radius 1 is 0.793 bits per heavy atom. The Morgan fingerprint density at radius 3 is 1.90 bits per heavy atom. The number of halogens is 4. The first-order valence-corrected chi connectivity index (χ1v) is 11.8. The van der Waals surface area contributed by atoms with Crippen molar-refractivity contribution in [2.75, 3.05) is 0 Å². The third kappa shape index (κ3) is 9.09. The SMILES string of the molecule is CCCCCCCCCCC1CCC(CCc2ccc(C(F)(F)F)cc2F)CC1. The number of alkyl halides is 3. The largest absolute Gasteiger partial charge is 0.416 e. The topological polar surface area (TPSA) is 0 Å². The highest BCUT2D eigenvalue weighted by molar-refractivity contribution is 5.26. The van der Waals surface area contributed by atoms with E-state index in [0.717, 1.165) is 18.4 Å². The minimum Gasteiger partial charge on any atom is -0.207 e. The molecule has 2 rings (SSSR count). The Hall–Kier alpha value is -1.06. The first-order valence-electron chi connectivity index (χ1n) is 11.8. The molecule has 0 N–H and O–H groups in total. The standard InChI is InChI=1S/C25H38F4/c1-2-3-4-5-6-7-8-9-10-20-11-13-21(14-12-20)15-16-22-17-18-23(19-24(22)26)25(27,28)29/h17-21H,2-16H2,1H3. The zero-order valence-electron chi connectivity index (χ0n) is 18.0. The number of benzene rings is 1. The summed E-state index contributed by atoms with van der Waals surface area (Å²) in [6, 6.07) is 2.95. The average Bonchev–Trinajstić information content (AvgIpc) is 2.69. The van der Waals surface area contributed by atoms with Crippen molar-refractivity contribution in [2.45, 2.75) is 109 Å². The second-order valence-corrected chi connectivity index (χ2v) is 8.99. The lowest BCUT2D eigenvalue weighted by molar-refractivity contribution is -0.137. The molecule has 0 nitrogen and oxygen atoms in total. The molecule has 1 fully saturated rings. The molecule has 4 heteroatoms. The van der Waals surface area contributed by atoms with E-state index in [1.165, 1.54) is 89.5 Å². The first kappa shape index (κ1) is 24.2. The summed E-state index contributed by atoms with van der Waals surface area (Å²) in [4.78, 5) is 0. The smallest absolute Gasteiger partial charge is 0.207 e. The molecule has 1 saturated carbocycles. The average molecular weight is 415 g/mol. The van der Waals surface area contributed by atoms with Crippen LogP contribution in [0.3, 0.4) is 0 Å². The van der Waals surface area contributed by atoms with Gasteiger partial charge in [0.15, 0.2) is 0 Å². The van der Waals surface area contributed by atoms with Gasteiger partial charge in [0.05, 0.1) is 5.56 Å². The molecule has 1 aromatic carbocycles. The van der Waals surface area contributed by atoms with Crippen LogP contribution in [-0.4, -0.2) is 0 Å². The number of aryl methyl sites for hydroxylation is 1. The van der Waals surface area contributed by atoms with Crippen LogP contribution in [0.2, 0.25) is 0 Å². The van der Waals surface area contributed by atoms with Gasteiger partial charge in [-0.2, -0.15) is 13.2 Å². The van der Waals surface area contributed by atoms with Crippen molar-refractivity contribution in [1.82, 2.24) is 0 Å². The zero-order chi connectivity index (χ0) is 21.1. The molecule has 0 saturated heterocycles. The maximum absolute atomic E-state index is 14.0. The first-order chi connectivity index (χ1) is 13.9. The van der Waals surface area contributed by atoms with Gasteiger partial charge in [0.1, 0.15) is 5.82 Å². The lowest BCUT2D eigenvalue weighted by Crippen LogP contribution is -2.15. The van der Waals surface area contributed by atoms with Gasteiger partial charge in [0.25, 0.3) is 0 Å². The van der Waals surface area contributed by atoms with Gasteiger partial charge in [-0.25, -0.2) is 4.39 Å². The van der Waals surface area contributed by atoms with Crippen LogP contribution in [0, 0.1) is 17.7 Å². The fourth-order valence-electron chi connectivity index (χ4n) is 4.66. The second-order valence-electron chi connectivity index (χ2n) is 8.99. The third-order valence-electron chi connectivity index (χ3n) is 6.63. The van der Waals surface area contributed by atoms with E-state index in [1.54, 1.807) is 0 Å². The van der Waals surface area contributed by atoms with Gasteiger partial charge in [-0.3, -0.25) is 0 Å². The molecule has 1 aliphatic carbocycles. The highest BCUT2D eigenvalue weighted by atomic mass is 19.4. The Kier molecular flexibility index (Phi) is 10.5. The van der Waals surface area contributed by atoms with Gasteiger partial charge >= 0.3 is 6.18 Å². The van der Waals surface area contributed by atoms with Crippen molar-refractivity contribution in [1.29, 1.82) is 0 Å². The molecule has 0 aliphatic heterocycles. The van der Waals surface area contributed by atoms with Crippen LogP contribution < -0.4 is 0 Å². The summed E-state index contributed by atoms with van der Waals surface area (Å²) in [6.07, 6.45) is 14.1. The molecule has 0 atom stereocenters. The summed E-state index contributed by atoms with van der Waals surface area (Å²) in [5, 5.41) is 0. The zero-order valence-corrected chi connectivity index (χ0v) is 18.0. The molecule has 0 aromatic heterocycles. The van der Waals surface area contributed by atoms with Gasteiger partial charge < -0.3 is 0 Å². The summed E-state index contributed by atoms with van der Waals surface area (Å²) in [6.45, 7) is 2.25. The highest BCUT2D eigenvalue weighted by Gasteiger charge is 2.31. The van der Waals surface area contributed by atoms with Crippen LogP contribution in [0.1, 0.15) is 108 Å². The number of hydrogen-bond donors (Lipinski definition) is 0. The summed E-state index contributed by atoms with van der Waals surface area (Å²) in [5.41, 5.74) is -0.487. The van der Waals surface area contributed by atoms with E-state index in [0.29, 0.717) is 24.0 Å². The third-order valence-corrected chi connectivity index (χ3v) is 6.63. The van der Waals surface area contributed by atoms with E-state index in [2.05, 4.69) is 6.92 Å². The van der Waals surface area contributed by atoms with E-state index >= 15 is 0 Å². The van der Waals surface area contributed by atoms with Gasteiger partial charge in [-0.15, -0.1) is 0 Å². The molecule has 0 unspecified atom stereocenters. The van der Waals surface area contributed by atoms with Crippen molar-refractivity contribution in [3.8, 4) is 0 Å². The van der Waals surface area contributed by atoms with E-state index in [9.17, 15) is 17.6 Å². The van der Waals surface area contributed by atoms with Crippen LogP contribution >= 0.6 is 0 Å². The van der Waals surface area contributed by atoms with Crippen molar-refractivity contribution < 1.29 is 17.6 Å². The van der Waals surface area contributed by atoms with Crippen molar-refractivity contribution in [3.63, 3.8) is 0 Å². The Bertz CT molecular complexity index is 571. The molecule has 0 amide bonds. The summed E-state index contributed by atoms with van der Waals surface area (Å²) < 4.78 is 51.9. The maximum Gasteiger partial charge on any atom is 0.416 e.